The van der Waals surface area contributed by atoms with Crippen LogP contribution in [0.2, 0.25) is 0 Å². The fourth-order valence-corrected chi connectivity index (χ4v) is 4.45. The third kappa shape index (κ3) is 5.92. The van der Waals surface area contributed by atoms with Crippen LogP contribution in [0.25, 0.3) is 15.7 Å². The van der Waals surface area contributed by atoms with Crippen molar-refractivity contribution in [1.29, 1.82) is 0 Å². The predicted octanol–water partition coefficient (Wildman–Crippen LogP) is 5.87. The fraction of sp³-hybridized carbons (Fsp3) is 0.417. The summed E-state index contributed by atoms with van der Waals surface area (Å²) in [5.74, 6) is 0.496. The van der Waals surface area contributed by atoms with Crippen LogP contribution < -0.4 is 5.32 Å². The van der Waals surface area contributed by atoms with Crippen molar-refractivity contribution in [3.8, 4) is 0 Å². The molecule has 0 saturated carbocycles. The Morgan fingerprint density at radius 2 is 2.07 bits per heavy atom. The zero-order valence-electron chi connectivity index (χ0n) is 18.0. The SMILES string of the molecule is C=CS/C(=C\C)c1ccc2cnc(NC(=O)C3CCN(CC(C)(C)F)CC3)cc2c1. The van der Waals surface area contributed by atoms with Crippen molar-refractivity contribution < 1.29 is 9.18 Å². The highest BCUT2D eigenvalue weighted by atomic mass is 32.2. The first-order valence-electron chi connectivity index (χ1n) is 10.4. The van der Waals surface area contributed by atoms with E-state index in [2.05, 4.69) is 40.0 Å². The number of carbonyl (C=O) groups is 1. The summed E-state index contributed by atoms with van der Waals surface area (Å²) in [5.41, 5.74) is -0.0958. The van der Waals surface area contributed by atoms with Gasteiger partial charge in [0.1, 0.15) is 11.5 Å². The van der Waals surface area contributed by atoms with E-state index in [1.165, 1.54) is 0 Å². The number of nitrogens with zero attached hydrogens (tertiary/aromatic N) is 2. The van der Waals surface area contributed by atoms with Crippen LogP contribution in [0.15, 0.2) is 48.5 Å². The number of amides is 1. The molecular weight excluding hydrogens is 397 g/mol. The van der Waals surface area contributed by atoms with E-state index < -0.39 is 5.67 Å². The number of benzene rings is 1. The quantitative estimate of drug-likeness (QED) is 0.600. The molecule has 3 rings (SSSR count). The van der Waals surface area contributed by atoms with E-state index in [9.17, 15) is 9.18 Å². The number of hydrogen-bond donors (Lipinski definition) is 1. The van der Waals surface area contributed by atoms with Gasteiger partial charge in [0.25, 0.3) is 0 Å². The maximum absolute atomic E-state index is 13.8. The Labute approximate surface area is 182 Å². The van der Waals surface area contributed by atoms with Crippen molar-refractivity contribution in [3.05, 3.63) is 54.1 Å². The minimum atomic E-state index is -1.21. The molecule has 0 unspecified atom stereocenters. The lowest BCUT2D eigenvalue weighted by atomic mass is 9.95. The Kier molecular flexibility index (Phi) is 7.32. The zero-order chi connectivity index (χ0) is 21.7. The number of halogens is 1. The number of anilines is 1. The standard InChI is InChI=1S/C24H30FN3OS/c1-5-21(30-6-2)18-7-8-19-15-26-22(14-20(19)13-18)27-23(29)17-9-11-28(12-10-17)16-24(3,4)25/h5-8,13-15,17H,2,9-12,16H2,1,3-4H3,(H,26,27,29)/b21-5-. The van der Waals surface area contributed by atoms with Crippen molar-refractivity contribution >= 4 is 39.2 Å². The molecule has 1 aliphatic rings. The second-order valence-electron chi connectivity index (χ2n) is 8.33. The molecule has 4 nitrogen and oxygen atoms in total. The molecule has 1 N–H and O–H groups in total. The Morgan fingerprint density at radius 1 is 1.33 bits per heavy atom. The van der Waals surface area contributed by atoms with Gasteiger partial charge >= 0.3 is 0 Å². The second kappa shape index (κ2) is 9.75. The molecule has 1 amide bonds. The Morgan fingerprint density at radius 3 is 2.70 bits per heavy atom. The van der Waals surface area contributed by atoms with Gasteiger partial charge in [-0.15, -0.1) is 0 Å². The normalized spacial score (nSPS) is 16.6. The maximum atomic E-state index is 13.8. The van der Waals surface area contributed by atoms with Crippen LogP contribution in [-0.2, 0) is 4.79 Å². The molecule has 1 aliphatic heterocycles. The average Bonchev–Trinajstić information content (AvgIpc) is 2.70. The lowest BCUT2D eigenvalue weighted by molar-refractivity contribution is -0.121. The number of fused-ring (bicyclic) bond motifs is 1. The molecule has 0 radical (unpaired) electrons. The highest BCUT2D eigenvalue weighted by Gasteiger charge is 2.28. The summed E-state index contributed by atoms with van der Waals surface area (Å²) in [5, 5.41) is 6.85. The molecular formula is C24H30FN3OS. The molecule has 1 aromatic carbocycles. The van der Waals surface area contributed by atoms with Crippen LogP contribution in [-0.4, -0.2) is 41.1 Å². The number of carbonyl (C=O) groups excluding carboxylic acids is 1. The lowest BCUT2D eigenvalue weighted by Crippen LogP contribution is -2.43. The van der Waals surface area contributed by atoms with E-state index in [4.69, 9.17) is 0 Å². The molecule has 160 valence electrons. The molecule has 0 bridgehead atoms. The number of nitrogens with one attached hydrogen (secondary N) is 1. The molecule has 1 aromatic heterocycles. The van der Waals surface area contributed by atoms with Gasteiger partial charge in [-0.05, 0) is 75.2 Å². The molecule has 2 aromatic rings. The van der Waals surface area contributed by atoms with Crippen LogP contribution in [0, 0.1) is 5.92 Å². The summed E-state index contributed by atoms with van der Waals surface area (Å²) in [7, 11) is 0. The van der Waals surface area contributed by atoms with Gasteiger partial charge in [0.2, 0.25) is 5.91 Å². The molecule has 0 spiro atoms. The van der Waals surface area contributed by atoms with Gasteiger partial charge in [-0.3, -0.25) is 4.79 Å². The number of aromatic nitrogens is 1. The third-order valence-electron chi connectivity index (χ3n) is 5.29. The largest absolute Gasteiger partial charge is 0.310 e. The maximum Gasteiger partial charge on any atom is 0.228 e. The van der Waals surface area contributed by atoms with Crippen LogP contribution in [0.4, 0.5) is 10.2 Å². The number of likely N-dealkylation sites (tertiary alicyclic amines) is 1. The number of alkyl halides is 1. The summed E-state index contributed by atoms with van der Waals surface area (Å²) in [4.78, 5) is 20.4. The summed E-state index contributed by atoms with van der Waals surface area (Å²) in [6.07, 6.45) is 5.33. The molecule has 2 heterocycles. The first-order chi connectivity index (χ1) is 14.3. The highest BCUT2D eigenvalue weighted by Crippen LogP contribution is 2.30. The topological polar surface area (TPSA) is 45.2 Å². The van der Waals surface area contributed by atoms with Crippen LogP contribution in [0.3, 0.4) is 0 Å². The number of pyridine rings is 1. The number of allylic oxidation sites excluding steroid dienone is 1. The summed E-state index contributed by atoms with van der Waals surface area (Å²) >= 11 is 1.59. The summed E-state index contributed by atoms with van der Waals surface area (Å²) in [6.45, 7) is 10.9. The van der Waals surface area contributed by atoms with E-state index in [1.807, 2.05) is 24.5 Å². The fourth-order valence-electron chi connectivity index (χ4n) is 3.87. The van der Waals surface area contributed by atoms with E-state index in [1.54, 1.807) is 31.8 Å². The number of thioether (sulfide) groups is 1. The Hall–Kier alpha value is -2.18. The minimum absolute atomic E-state index is 0.00600. The summed E-state index contributed by atoms with van der Waals surface area (Å²) in [6, 6.07) is 8.14. The van der Waals surface area contributed by atoms with E-state index >= 15 is 0 Å². The van der Waals surface area contributed by atoms with Gasteiger partial charge in [-0.2, -0.15) is 0 Å². The van der Waals surface area contributed by atoms with Gasteiger partial charge in [0.15, 0.2) is 0 Å². The predicted molar refractivity (Wildman–Crippen MR) is 126 cm³/mol. The number of rotatable bonds is 7. The minimum Gasteiger partial charge on any atom is -0.310 e. The molecule has 0 atom stereocenters. The first-order valence-corrected chi connectivity index (χ1v) is 11.2. The smallest absolute Gasteiger partial charge is 0.228 e. The monoisotopic (exact) mass is 427 g/mol. The molecule has 0 aliphatic carbocycles. The zero-order valence-corrected chi connectivity index (χ0v) is 18.8. The molecule has 30 heavy (non-hydrogen) atoms. The average molecular weight is 428 g/mol. The van der Waals surface area contributed by atoms with Crippen molar-refractivity contribution in [2.45, 2.75) is 39.3 Å². The van der Waals surface area contributed by atoms with Crippen molar-refractivity contribution in [2.24, 2.45) is 5.92 Å². The van der Waals surface area contributed by atoms with E-state index in [0.717, 1.165) is 47.2 Å². The highest BCUT2D eigenvalue weighted by molar-refractivity contribution is 8.10. The van der Waals surface area contributed by atoms with Gasteiger partial charge in [-0.25, -0.2) is 9.37 Å². The van der Waals surface area contributed by atoms with Crippen LogP contribution >= 0.6 is 11.8 Å². The summed E-state index contributed by atoms with van der Waals surface area (Å²) < 4.78 is 13.8. The Bertz CT molecular complexity index is 943. The lowest BCUT2D eigenvalue weighted by Gasteiger charge is -2.33. The third-order valence-corrected chi connectivity index (χ3v) is 6.18. The van der Waals surface area contributed by atoms with Gasteiger partial charge in [-0.1, -0.05) is 36.5 Å². The van der Waals surface area contributed by atoms with E-state index in [0.29, 0.717) is 12.4 Å². The molecule has 1 fully saturated rings. The van der Waals surface area contributed by atoms with Gasteiger partial charge < -0.3 is 10.2 Å². The number of piperidine rings is 1. The van der Waals surface area contributed by atoms with Crippen molar-refractivity contribution in [3.63, 3.8) is 0 Å². The van der Waals surface area contributed by atoms with E-state index in [-0.39, 0.29) is 11.8 Å². The Balaban J connectivity index is 1.67. The van der Waals surface area contributed by atoms with Crippen molar-refractivity contribution in [2.75, 3.05) is 25.0 Å². The van der Waals surface area contributed by atoms with Gasteiger partial charge in [0, 0.05) is 29.0 Å². The van der Waals surface area contributed by atoms with Crippen molar-refractivity contribution in [1.82, 2.24) is 9.88 Å². The van der Waals surface area contributed by atoms with Gasteiger partial charge in [0.05, 0.1) is 0 Å². The molecule has 6 heteroatoms. The second-order valence-corrected chi connectivity index (χ2v) is 9.34. The van der Waals surface area contributed by atoms with Crippen LogP contribution in [0.1, 0.15) is 39.2 Å². The molecule has 1 saturated heterocycles. The number of hydrogen-bond acceptors (Lipinski definition) is 4. The first kappa shape index (κ1) is 22.5. The van der Waals surface area contributed by atoms with Crippen LogP contribution in [0.5, 0.6) is 0 Å².